The van der Waals surface area contributed by atoms with Crippen molar-refractivity contribution in [3.8, 4) is 44.8 Å². The smallest absolute Gasteiger partial charge is 0.254 e. The fourth-order valence-electron chi connectivity index (χ4n) is 9.19. The molecule has 2 saturated carbocycles. The number of rotatable bonds is 8. The highest BCUT2D eigenvalue weighted by atomic mass is 16.2. The van der Waals surface area contributed by atoms with Crippen molar-refractivity contribution in [1.82, 2.24) is 39.3 Å². The van der Waals surface area contributed by atoms with Crippen LogP contribution in [0.4, 0.5) is 0 Å². The van der Waals surface area contributed by atoms with Gasteiger partial charge in [0, 0.05) is 109 Å². The maximum absolute atomic E-state index is 12.5. The number of pyridine rings is 2. The van der Waals surface area contributed by atoms with E-state index in [1.54, 1.807) is 9.80 Å². The van der Waals surface area contributed by atoms with Gasteiger partial charge in [-0.1, -0.05) is 75.9 Å². The topological polar surface area (TPSA) is 102 Å². The number of aromatic nitrogens is 6. The van der Waals surface area contributed by atoms with E-state index in [1.165, 1.54) is 51.4 Å². The van der Waals surface area contributed by atoms with Gasteiger partial charge in [-0.3, -0.25) is 28.9 Å². The number of aryl methyl sites for hydroxylation is 1. The lowest BCUT2D eigenvalue weighted by Gasteiger charge is -2.10. The molecule has 0 spiro atoms. The van der Waals surface area contributed by atoms with Gasteiger partial charge in [-0.25, -0.2) is 0 Å². The van der Waals surface area contributed by atoms with Gasteiger partial charge in [0.1, 0.15) is 0 Å². The van der Waals surface area contributed by atoms with E-state index in [4.69, 9.17) is 4.98 Å². The number of hydrogen-bond donors (Lipinski definition) is 0. The van der Waals surface area contributed by atoms with E-state index < -0.39 is 0 Å². The molecule has 6 heterocycles. The second kappa shape index (κ2) is 17.5. The average Bonchev–Trinajstić information content (AvgIpc) is 4.14. The van der Waals surface area contributed by atoms with Crippen LogP contribution in [0.25, 0.3) is 44.8 Å². The summed E-state index contributed by atoms with van der Waals surface area (Å²) >= 11 is 0. The van der Waals surface area contributed by atoms with E-state index in [-0.39, 0.29) is 11.8 Å². The monoisotopic (exact) mass is 788 g/mol. The van der Waals surface area contributed by atoms with Gasteiger partial charge in [-0.15, -0.1) is 0 Å². The first-order valence-electron chi connectivity index (χ1n) is 21.5. The molecular weight excluding hydrogens is 733 g/mol. The third-order valence-corrected chi connectivity index (χ3v) is 12.3. The maximum Gasteiger partial charge on any atom is 0.254 e. The van der Waals surface area contributed by atoms with E-state index in [2.05, 4.69) is 67.3 Å². The number of carbonyl (C=O) groups is 2. The number of carbonyl (C=O) groups excluding carboxylic acids is 2. The third-order valence-electron chi connectivity index (χ3n) is 12.3. The zero-order valence-corrected chi connectivity index (χ0v) is 35.2. The molecule has 2 aliphatic carbocycles. The van der Waals surface area contributed by atoms with Crippen LogP contribution < -0.4 is 0 Å². The van der Waals surface area contributed by atoms with E-state index in [0.717, 1.165) is 97.6 Å². The summed E-state index contributed by atoms with van der Waals surface area (Å²) < 4.78 is 4.15. The van der Waals surface area contributed by atoms with Crippen molar-refractivity contribution in [1.29, 1.82) is 0 Å². The molecule has 10 nitrogen and oxygen atoms in total. The molecule has 6 aromatic rings. The van der Waals surface area contributed by atoms with Crippen LogP contribution in [-0.2, 0) is 26.2 Å². The molecule has 10 heteroatoms. The first-order valence-corrected chi connectivity index (χ1v) is 21.5. The minimum Gasteiger partial charge on any atom is -0.337 e. The highest BCUT2D eigenvalue weighted by Gasteiger charge is 2.27. The van der Waals surface area contributed by atoms with Gasteiger partial charge in [0.05, 0.1) is 23.8 Å². The summed E-state index contributed by atoms with van der Waals surface area (Å²) in [5.41, 5.74) is 12.7. The molecule has 0 N–H and O–H groups in total. The summed E-state index contributed by atoms with van der Waals surface area (Å²) in [6.45, 7) is 9.35. The lowest BCUT2D eigenvalue weighted by atomic mass is 9.98. The maximum atomic E-state index is 12.5. The van der Waals surface area contributed by atoms with Crippen LogP contribution >= 0.6 is 0 Å². The summed E-state index contributed by atoms with van der Waals surface area (Å²) in [6.07, 6.45) is 20.6. The highest BCUT2D eigenvalue weighted by Crippen LogP contribution is 2.36. The van der Waals surface area contributed by atoms with Crippen LogP contribution in [0.3, 0.4) is 0 Å². The Balaban J connectivity index is 0.000000158. The van der Waals surface area contributed by atoms with Crippen molar-refractivity contribution in [2.75, 3.05) is 14.1 Å². The number of nitrogens with zero attached hydrogens (tertiary/aromatic N) is 8. The minimum atomic E-state index is 0.0821. The average molecular weight is 789 g/mol. The third kappa shape index (κ3) is 8.49. The Morgan fingerprint density at radius 2 is 1.08 bits per heavy atom. The Labute approximate surface area is 348 Å². The normalized spacial score (nSPS) is 16.2. The molecule has 304 valence electrons. The predicted molar refractivity (Wildman–Crippen MR) is 233 cm³/mol. The quantitative estimate of drug-likeness (QED) is 0.152. The zero-order chi connectivity index (χ0) is 41.0. The van der Waals surface area contributed by atoms with E-state index in [0.29, 0.717) is 13.1 Å². The molecule has 0 atom stereocenters. The molecule has 4 aromatic heterocycles. The lowest BCUT2D eigenvalue weighted by Crippen LogP contribution is -2.17. The van der Waals surface area contributed by atoms with E-state index in [9.17, 15) is 9.59 Å². The Bertz CT molecular complexity index is 2450. The standard InChI is InChI=1S/C24H26N4O.C23H24N4O.C2H6/c1-16-7-10-21(20-12-25-28(15-20)13-17-5-3-4-6-17)23(26-16)18-8-9-19-14-27(2)24(29)22(19)11-18;1-26-14-18-9-8-17(11-21(18)23(26)28)22-20(7-4-10-24-22)19-12-25-27(15-19)13-16-5-2-3-6-16;1-2/h7-12,15,17H,3-6,13-14H2,1-2H3;4,7-12,15-16H,2-3,5-6,13-14H2,1H3;1-2H3. The molecule has 2 aromatic carbocycles. The van der Waals surface area contributed by atoms with Crippen LogP contribution in [0.15, 0.2) is 91.6 Å². The molecule has 2 aliphatic heterocycles. The van der Waals surface area contributed by atoms with Gasteiger partial charge >= 0.3 is 0 Å². The first-order chi connectivity index (χ1) is 28.8. The summed E-state index contributed by atoms with van der Waals surface area (Å²) in [5.74, 6) is 1.66. The minimum absolute atomic E-state index is 0.0821. The molecule has 0 saturated heterocycles. The van der Waals surface area contributed by atoms with Gasteiger partial charge in [0.25, 0.3) is 11.8 Å². The van der Waals surface area contributed by atoms with Crippen molar-refractivity contribution < 1.29 is 9.59 Å². The van der Waals surface area contributed by atoms with Gasteiger partial charge in [-0.2, -0.15) is 10.2 Å². The van der Waals surface area contributed by atoms with Crippen LogP contribution in [0, 0.1) is 18.8 Å². The Morgan fingerprint density at radius 1 is 0.593 bits per heavy atom. The number of amides is 2. The van der Waals surface area contributed by atoms with E-state index >= 15 is 0 Å². The number of hydrogen-bond acceptors (Lipinski definition) is 6. The Kier molecular flexibility index (Phi) is 11.9. The SMILES string of the molecule is CC.CN1Cc2ccc(-c3ncccc3-c3cnn(CC4CCCC4)c3)cc2C1=O.Cc1ccc(-c2cnn(CC3CCCC3)c2)c(-c2ccc3c(c2)C(=O)N(C)C3)n1. The van der Waals surface area contributed by atoms with Gasteiger partial charge in [-0.05, 0) is 79.8 Å². The van der Waals surface area contributed by atoms with Gasteiger partial charge < -0.3 is 9.80 Å². The fourth-order valence-corrected chi connectivity index (χ4v) is 9.19. The van der Waals surface area contributed by atoms with Crippen molar-refractivity contribution in [2.24, 2.45) is 11.8 Å². The number of fused-ring (bicyclic) bond motifs is 2. The summed E-state index contributed by atoms with van der Waals surface area (Å²) in [5, 5.41) is 9.22. The summed E-state index contributed by atoms with van der Waals surface area (Å²) in [6, 6.07) is 20.4. The molecule has 0 radical (unpaired) electrons. The summed E-state index contributed by atoms with van der Waals surface area (Å²) in [7, 11) is 3.68. The fraction of sp³-hybridized carbons (Fsp3) is 0.388. The van der Waals surface area contributed by atoms with Crippen LogP contribution in [-0.4, -0.2) is 65.2 Å². The predicted octanol–water partition coefficient (Wildman–Crippen LogP) is 10.1. The van der Waals surface area contributed by atoms with Crippen molar-refractivity contribution >= 4 is 11.8 Å². The van der Waals surface area contributed by atoms with Gasteiger partial charge in [0.2, 0.25) is 0 Å². The first kappa shape index (κ1) is 39.9. The number of benzene rings is 2. The highest BCUT2D eigenvalue weighted by molar-refractivity contribution is 6.00. The molecule has 0 bridgehead atoms. The second-order valence-corrected chi connectivity index (χ2v) is 16.5. The molecular formula is C49H56N8O2. The molecule has 2 amide bonds. The largest absolute Gasteiger partial charge is 0.337 e. The van der Waals surface area contributed by atoms with Gasteiger partial charge in [0.15, 0.2) is 0 Å². The summed E-state index contributed by atoms with van der Waals surface area (Å²) in [4.78, 5) is 37.8. The molecule has 2 fully saturated rings. The molecule has 0 unspecified atom stereocenters. The van der Waals surface area contributed by atoms with Crippen LogP contribution in [0.1, 0.15) is 103 Å². The van der Waals surface area contributed by atoms with Crippen LogP contribution in [0.5, 0.6) is 0 Å². The van der Waals surface area contributed by atoms with Crippen molar-refractivity contribution in [3.63, 3.8) is 0 Å². The van der Waals surface area contributed by atoms with Crippen LogP contribution in [0.2, 0.25) is 0 Å². The Morgan fingerprint density at radius 3 is 1.61 bits per heavy atom. The molecule has 4 aliphatic rings. The molecule has 10 rings (SSSR count). The van der Waals surface area contributed by atoms with E-state index in [1.807, 2.05) is 83.8 Å². The Hall–Kier alpha value is -5.90. The molecule has 59 heavy (non-hydrogen) atoms. The zero-order valence-electron chi connectivity index (χ0n) is 35.2. The second-order valence-electron chi connectivity index (χ2n) is 16.5. The lowest BCUT2D eigenvalue weighted by molar-refractivity contribution is 0.0809. The van der Waals surface area contributed by atoms with Crippen molar-refractivity contribution in [2.45, 2.75) is 98.3 Å². The van der Waals surface area contributed by atoms with Crippen molar-refractivity contribution in [3.05, 3.63) is 120 Å².